The van der Waals surface area contributed by atoms with Gasteiger partial charge in [0.25, 0.3) is 0 Å². The number of allylic oxidation sites excluding steroid dienone is 4. The van der Waals surface area contributed by atoms with Crippen molar-refractivity contribution < 1.29 is 0 Å². The van der Waals surface area contributed by atoms with Crippen LogP contribution >= 0.6 is 11.6 Å². The van der Waals surface area contributed by atoms with E-state index in [1.54, 1.807) is 6.20 Å². The molecule has 1 aliphatic carbocycles. The first kappa shape index (κ1) is 10.1. The Morgan fingerprint density at radius 1 is 1.64 bits per heavy atom. The van der Waals surface area contributed by atoms with Crippen LogP contribution in [-0.2, 0) is 5.41 Å². The Kier molecular flexibility index (Phi) is 2.87. The molecule has 1 N–H and O–H groups in total. The first-order chi connectivity index (χ1) is 6.77. The minimum absolute atomic E-state index is 0.0158. The van der Waals surface area contributed by atoms with Crippen molar-refractivity contribution in [2.24, 2.45) is 0 Å². The van der Waals surface area contributed by atoms with Crippen LogP contribution in [0.25, 0.3) is 0 Å². The van der Waals surface area contributed by atoms with E-state index in [9.17, 15) is 0 Å². The fourth-order valence-electron chi connectivity index (χ4n) is 1.80. The number of hydrogen-bond acceptors (Lipinski definition) is 1. The zero-order chi connectivity index (χ0) is 10.0. The third-order valence-electron chi connectivity index (χ3n) is 2.82. The summed E-state index contributed by atoms with van der Waals surface area (Å²) < 4.78 is 0. The average Bonchev–Trinajstić information content (AvgIpc) is 2.73. The first-order valence-electron chi connectivity index (χ1n) is 4.81. The molecule has 4 heteroatoms. The van der Waals surface area contributed by atoms with Gasteiger partial charge in [0, 0.05) is 0 Å². The summed E-state index contributed by atoms with van der Waals surface area (Å²) in [6, 6.07) is 0. The Morgan fingerprint density at radius 3 is 3.00 bits per heavy atom. The molecule has 2 nitrogen and oxygen atoms in total. The number of nitrogens with zero attached hydrogens (tertiary/aromatic N) is 1. The zero-order valence-electron chi connectivity index (χ0n) is 8.13. The molecule has 0 spiro atoms. The summed E-state index contributed by atoms with van der Waals surface area (Å²) in [5.74, 6) is 1.02. The topological polar surface area (TPSA) is 28.7 Å². The Bertz CT molecular complexity index is 369. The summed E-state index contributed by atoms with van der Waals surface area (Å²) in [4.78, 5) is 7.51. The first-order valence-corrected chi connectivity index (χ1v) is 5.19. The van der Waals surface area contributed by atoms with Gasteiger partial charge in [0.05, 0.1) is 0 Å². The van der Waals surface area contributed by atoms with Gasteiger partial charge in [0.2, 0.25) is 0 Å². The van der Waals surface area contributed by atoms with E-state index in [-0.39, 0.29) is 5.41 Å². The third kappa shape index (κ3) is 1.70. The minimum atomic E-state index is 0.0158. The van der Waals surface area contributed by atoms with Gasteiger partial charge < -0.3 is 0 Å². The molecule has 1 heterocycles. The SMILES string of the molecule is [Li][CH2]C1(c2ncc[nH]2)C=CC(Cl)=CC1. The van der Waals surface area contributed by atoms with Crippen LogP contribution in [0.3, 0.4) is 0 Å². The monoisotopic (exact) mass is 200 g/mol. The van der Waals surface area contributed by atoms with Gasteiger partial charge in [-0.3, -0.25) is 0 Å². The third-order valence-corrected chi connectivity index (χ3v) is 3.10. The van der Waals surface area contributed by atoms with Crippen molar-refractivity contribution in [3.8, 4) is 0 Å². The second-order valence-corrected chi connectivity index (χ2v) is 4.01. The molecular weight excluding hydrogens is 191 g/mol. The van der Waals surface area contributed by atoms with Crippen LogP contribution in [0.1, 0.15) is 12.2 Å². The molecule has 1 atom stereocenters. The molecule has 0 bridgehead atoms. The molecule has 1 aliphatic rings. The average molecular weight is 201 g/mol. The summed E-state index contributed by atoms with van der Waals surface area (Å²) in [5, 5.41) is 1.85. The number of imidazole rings is 1. The molecule has 0 saturated carbocycles. The molecule has 0 radical (unpaired) electrons. The summed E-state index contributed by atoms with van der Waals surface area (Å²) in [7, 11) is 0. The predicted octanol–water partition coefficient (Wildman–Crippen LogP) is 2.32. The normalized spacial score (nSPS) is 26.4. The standard InChI is InChI=1S/C10H10ClN2.Li/c1-10(9-12-6-7-13-9)4-2-8(11)3-5-10;/h2-4,6-7H,1,5H2,(H,12,13);. The van der Waals surface area contributed by atoms with Crippen LogP contribution in [0.15, 0.2) is 35.7 Å². The van der Waals surface area contributed by atoms with E-state index in [0.717, 1.165) is 22.4 Å². The molecular formula is C10H10ClLiN2. The number of aromatic amines is 1. The molecule has 0 aliphatic heterocycles. The van der Waals surface area contributed by atoms with Crippen molar-refractivity contribution in [2.45, 2.75) is 16.9 Å². The Morgan fingerprint density at radius 2 is 2.50 bits per heavy atom. The number of rotatable bonds is 2. The predicted molar refractivity (Wildman–Crippen MR) is 58.5 cm³/mol. The van der Waals surface area contributed by atoms with Crippen molar-refractivity contribution in [3.63, 3.8) is 0 Å². The van der Waals surface area contributed by atoms with Crippen LogP contribution in [-0.4, -0.2) is 27.7 Å². The van der Waals surface area contributed by atoms with Crippen LogP contribution in [0, 0.1) is 0 Å². The van der Waals surface area contributed by atoms with E-state index < -0.39 is 0 Å². The maximum absolute atomic E-state index is 5.91. The van der Waals surface area contributed by atoms with Gasteiger partial charge in [-0.25, -0.2) is 0 Å². The van der Waals surface area contributed by atoms with E-state index >= 15 is 0 Å². The number of hydrogen-bond donors (Lipinski definition) is 1. The van der Waals surface area contributed by atoms with E-state index in [2.05, 4.69) is 33.8 Å². The molecule has 68 valence electrons. The van der Waals surface area contributed by atoms with Gasteiger partial charge in [-0.1, -0.05) is 0 Å². The van der Waals surface area contributed by atoms with Crippen molar-refractivity contribution in [1.29, 1.82) is 0 Å². The Hall–Kier alpha value is -0.423. The van der Waals surface area contributed by atoms with E-state index in [4.69, 9.17) is 11.6 Å². The fourth-order valence-corrected chi connectivity index (χ4v) is 1.94. The molecule has 1 unspecified atom stereocenters. The van der Waals surface area contributed by atoms with Crippen LogP contribution in [0.2, 0.25) is 5.09 Å². The number of aromatic nitrogens is 2. The van der Waals surface area contributed by atoms with Crippen LogP contribution in [0.4, 0.5) is 0 Å². The molecule has 1 aromatic heterocycles. The number of halogens is 1. The van der Waals surface area contributed by atoms with Gasteiger partial charge in [-0.05, 0) is 0 Å². The molecule has 0 saturated heterocycles. The quantitative estimate of drug-likeness (QED) is 0.730. The van der Waals surface area contributed by atoms with Crippen LogP contribution < -0.4 is 0 Å². The number of nitrogens with one attached hydrogen (secondary N) is 1. The molecule has 2 rings (SSSR count). The molecule has 0 aromatic carbocycles. The zero-order valence-corrected chi connectivity index (χ0v) is 8.88. The molecule has 1 aromatic rings. The maximum atomic E-state index is 5.91. The summed E-state index contributed by atoms with van der Waals surface area (Å²) in [6.07, 6.45) is 10.7. The van der Waals surface area contributed by atoms with Crippen molar-refractivity contribution in [2.75, 3.05) is 0 Å². The van der Waals surface area contributed by atoms with E-state index in [0.29, 0.717) is 0 Å². The van der Waals surface area contributed by atoms with Crippen LogP contribution in [0.5, 0.6) is 0 Å². The fraction of sp³-hybridized carbons (Fsp3) is 0.300. The van der Waals surface area contributed by atoms with Crippen molar-refractivity contribution >= 4 is 29.3 Å². The molecule has 14 heavy (non-hydrogen) atoms. The summed E-state index contributed by atoms with van der Waals surface area (Å²) in [6.45, 7) is 0. The van der Waals surface area contributed by atoms with E-state index in [1.165, 1.54) is 0 Å². The number of H-pyrrole nitrogens is 1. The summed E-state index contributed by atoms with van der Waals surface area (Å²) >= 11 is 8.07. The van der Waals surface area contributed by atoms with E-state index in [1.807, 2.05) is 18.3 Å². The van der Waals surface area contributed by atoms with Gasteiger partial charge in [0.1, 0.15) is 0 Å². The van der Waals surface area contributed by atoms with Crippen molar-refractivity contribution in [3.05, 3.63) is 41.5 Å². The van der Waals surface area contributed by atoms with Gasteiger partial charge >= 0.3 is 97.7 Å². The molecule has 0 fully saturated rings. The summed E-state index contributed by atoms with van der Waals surface area (Å²) in [5.41, 5.74) is 0.0158. The Balaban J connectivity index is 2.34. The van der Waals surface area contributed by atoms with Crippen molar-refractivity contribution in [1.82, 2.24) is 9.97 Å². The second kappa shape index (κ2) is 3.98. The molecule has 0 amide bonds. The Labute approximate surface area is 97.7 Å². The van der Waals surface area contributed by atoms with Gasteiger partial charge in [-0.15, -0.1) is 0 Å². The van der Waals surface area contributed by atoms with Gasteiger partial charge in [0.15, 0.2) is 0 Å². The van der Waals surface area contributed by atoms with Gasteiger partial charge in [-0.2, -0.15) is 0 Å². The second-order valence-electron chi connectivity index (χ2n) is 3.57.